The maximum Gasteiger partial charge on any atom is 0.294 e. The number of piperidine rings is 1. The highest BCUT2D eigenvalue weighted by Crippen LogP contribution is 2.33. The van der Waals surface area contributed by atoms with Crippen molar-refractivity contribution in [3.8, 4) is 0 Å². The second-order valence-corrected chi connectivity index (χ2v) is 8.04. The van der Waals surface area contributed by atoms with Crippen molar-refractivity contribution in [3.05, 3.63) is 90.4 Å². The van der Waals surface area contributed by atoms with Crippen LogP contribution in [0.1, 0.15) is 35.9 Å². The Kier molecular flexibility index (Phi) is 6.02. The Morgan fingerprint density at radius 2 is 1.67 bits per heavy atom. The van der Waals surface area contributed by atoms with E-state index in [1.165, 1.54) is 6.26 Å². The van der Waals surface area contributed by atoms with E-state index in [4.69, 9.17) is 4.42 Å². The van der Waals surface area contributed by atoms with Crippen LogP contribution in [-0.4, -0.2) is 41.6 Å². The number of furan rings is 1. The quantitative estimate of drug-likeness (QED) is 0.666. The second kappa shape index (κ2) is 8.86. The van der Waals surface area contributed by atoms with Crippen LogP contribution < -0.4 is 4.90 Å². The van der Waals surface area contributed by atoms with Crippen molar-refractivity contribution in [1.29, 1.82) is 0 Å². The first-order chi connectivity index (χ1) is 14.6. The summed E-state index contributed by atoms with van der Waals surface area (Å²) in [5.74, 6) is 0.194. The number of benzene rings is 2. The normalized spacial score (nSPS) is 17.4. The van der Waals surface area contributed by atoms with Gasteiger partial charge in [-0.25, -0.2) is 0 Å². The van der Waals surface area contributed by atoms with E-state index in [2.05, 4.69) is 11.8 Å². The maximum atomic E-state index is 13.2. The standard InChI is InChI=1S/C25H28N2O3/c1-20(19-26-16-14-25(29,15-17-26)21-9-4-2-5-10-21)27(22-11-6-3-7-12-22)24(28)23-13-8-18-30-23/h2-13,18,20,29H,14-17,19H2,1H3. The molecule has 1 amide bonds. The molecule has 2 heterocycles. The summed E-state index contributed by atoms with van der Waals surface area (Å²) < 4.78 is 5.38. The lowest BCUT2D eigenvalue weighted by Crippen LogP contribution is -2.49. The van der Waals surface area contributed by atoms with Crippen LogP contribution in [-0.2, 0) is 5.60 Å². The predicted octanol–water partition coefficient (Wildman–Crippen LogP) is 4.30. The van der Waals surface area contributed by atoms with Crippen LogP contribution in [0.4, 0.5) is 5.69 Å². The first kappa shape index (κ1) is 20.4. The number of carbonyl (C=O) groups excluding carboxylic acids is 1. The van der Waals surface area contributed by atoms with Gasteiger partial charge in [0.1, 0.15) is 0 Å². The van der Waals surface area contributed by atoms with Gasteiger partial charge in [-0.1, -0.05) is 48.5 Å². The summed E-state index contributed by atoms with van der Waals surface area (Å²) in [6.07, 6.45) is 2.89. The highest BCUT2D eigenvalue weighted by molar-refractivity contribution is 6.04. The van der Waals surface area contributed by atoms with Crippen LogP contribution in [0, 0.1) is 0 Å². The molecule has 1 aromatic heterocycles. The Labute approximate surface area is 177 Å². The molecule has 0 aliphatic carbocycles. The zero-order valence-corrected chi connectivity index (χ0v) is 17.3. The highest BCUT2D eigenvalue weighted by Gasteiger charge is 2.35. The van der Waals surface area contributed by atoms with Gasteiger partial charge in [-0.3, -0.25) is 4.79 Å². The predicted molar refractivity (Wildman–Crippen MR) is 117 cm³/mol. The van der Waals surface area contributed by atoms with Crippen LogP contribution in [0.3, 0.4) is 0 Å². The van der Waals surface area contributed by atoms with Crippen molar-refractivity contribution in [1.82, 2.24) is 4.90 Å². The number of hydrogen-bond donors (Lipinski definition) is 1. The molecule has 1 N–H and O–H groups in total. The fraction of sp³-hybridized carbons (Fsp3) is 0.320. The van der Waals surface area contributed by atoms with Crippen molar-refractivity contribution >= 4 is 11.6 Å². The molecular formula is C25H28N2O3. The average Bonchev–Trinajstić information content (AvgIpc) is 3.32. The minimum atomic E-state index is -0.774. The van der Waals surface area contributed by atoms with Gasteiger partial charge < -0.3 is 19.3 Å². The summed E-state index contributed by atoms with van der Waals surface area (Å²) >= 11 is 0. The number of hydrogen-bond acceptors (Lipinski definition) is 4. The number of aliphatic hydroxyl groups is 1. The molecule has 0 bridgehead atoms. The fourth-order valence-electron chi connectivity index (χ4n) is 4.28. The number of para-hydroxylation sites is 1. The molecule has 1 aliphatic heterocycles. The molecule has 5 nitrogen and oxygen atoms in total. The third kappa shape index (κ3) is 4.32. The third-order valence-corrected chi connectivity index (χ3v) is 5.94. The zero-order valence-electron chi connectivity index (χ0n) is 17.3. The van der Waals surface area contributed by atoms with Gasteiger partial charge in [0.2, 0.25) is 0 Å². The van der Waals surface area contributed by atoms with Crippen LogP contribution in [0.15, 0.2) is 83.5 Å². The lowest BCUT2D eigenvalue weighted by molar-refractivity contribution is -0.0267. The minimum absolute atomic E-state index is 0.0482. The lowest BCUT2D eigenvalue weighted by Gasteiger charge is -2.40. The van der Waals surface area contributed by atoms with Crippen LogP contribution in [0.25, 0.3) is 0 Å². The van der Waals surface area contributed by atoms with Crippen LogP contribution in [0.2, 0.25) is 0 Å². The SMILES string of the molecule is CC(CN1CCC(O)(c2ccccc2)CC1)N(C(=O)c1ccco1)c1ccccc1. The number of amides is 1. The molecule has 0 saturated carbocycles. The number of anilines is 1. The van der Waals surface area contributed by atoms with Crippen molar-refractivity contribution in [2.45, 2.75) is 31.4 Å². The largest absolute Gasteiger partial charge is 0.459 e. The minimum Gasteiger partial charge on any atom is -0.459 e. The average molecular weight is 405 g/mol. The molecular weight excluding hydrogens is 376 g/mol. The first-order valence-electron chi connectivity index (χ1n) is 10.5. The van der Waals surface area contributed by atoms with E-state index in [0.29, 0.717) is 18.6 Å². The molecule has 1 atom stereocenters. The monoisotopic (exact) mass is 404 g/mol. The van der Waals surface area contributed by atoms with Crippen molar-refractivity contribution in [2.24, 2.45) is 0 Å². The summed E-state index contributed by atoms with van der Waals surface area (Å²) in [6.45, 7) is 4.36. The summed E-state index contributed by atoms with van der Waals surface area (Å²) in [4.78, 5) is 17.3. The number of carbonyl (C=O) groups is 1. The number of nitrogens with zero attached hydrogens (tertiary/aromatic N) is 2. The molecule has 1 unspecified atom stereocenters. The molecule has 2 aromatic carbocycles. The molecule has 0 spiro atoms. The van der Waals surface area contributed by atoms with Crippen LogP contribution in [0.5, 0.6) is 0 Å². The van der Waals surface area contributed by atoms with E-state index in [9.17, 15) is 9.90 Å². The van der Waals surface area contributed by atoms with E-state index in [-0.39, 0.29) is 11.9 Å². The third-order valence-electron chi connectivity index (χ3n) is 5.94. The van der Waals surface area contributed by atoms with E-state index in [0.717, 1.165) is 30.9 Å². The van der Waals surface area contributed by atoms with E-state index < -0.39 is 5.60 Å². The van der Waals surface area contributed by atoms with Gasteiger partial charge in [-0.2, -0.15) is 0 Å². The molecule has 156 valence electrons. The van der Waals surface area contributed by atoms with E-state index in [1.54, 1.807) is 17.0 Å². The van der Waals surface area contributed by atoms with Crippen molar-refractivity contribution in [2.75, 3.05) is 24.5 Å². The van der Waals surface area contributed by atoms with Gasteiger partial charge in [-0.15, -0.1) is 0 Å². The van der Waals surface area contributed by atoms with Crippen LogP contribution >= 0.6 is 0 Å². The summed E-state index contributed by atoms with van der Waals surface area (Å²) in [5.41, 5.74) is 1.06. The topological polar surface area (TPSA) is 56.9 Å². The van der Waals surface area contributed by atoms with E-state index in [1.807, 2.05) is 60.7 Å². The fourth-order valence-corrected chi connectivity index (χ4v) is 4.28. The van der Waals surface area contributed by atoms with Gasteiger partial charge in [0.25, 0.3) is 5.91 Å². The van der Waals surface area contributed by atoms with Gasteiger partial charge in [0.05, 0.1) is 11.9 Å². The Hall–Kier alpha value is -2.89. The van der Waals surface area contributed by atoms with Gasteiger partial charge >= 0.3 is 0 Å². The molecule has 4 rings (SSSR count). The molecule has 1 saturated heterocycles. The second-order valence-electron chi connectivity index (χ2n) is 8.04. The Balaban J connectivity index is 1.46. The Morgan fingerprint density at radius 1 is 1.03 bits per heavy atom. The van der Waals surface area contributed by atoms with Crippen molar-refractivity contribution in [3.63, 3.8) is 0 Å². The molecule has 30 heavy (non-hydrogen) atoms. The Bertz CT molecular complexity index is 933. The number of rotatable bonds is 6. The van der Waals surface area contributed by atoms with Gasteiger partial charge in [0.15, 0.2) is 5.76 Å². The molecule has 0 radical (unpaired) electrons. The van der Waals surface area contributed by atoms with Gasteiger partial charge in [-0.05, 0) is 49.6 Å². The smallest absolute Gasteiger partial charge is 0.294 e. The molecule has 5 heteroatoms. The maximum absolute atomic E-state index is 13.2. The van der Waals surface area contributed by atoms with Crippen molar-refractivity contribution < 1.29 is 14.3 Å². The highest BCUT2D eigenvalue weighted by atomic mass is 16.3. The zero-order chi connectivity index (χ0) is 21.0. The molecule has 1 aliphatic rings. The Morgan fingerprint density at radius 3 is 2.27 bits per heavy atom. The van der Waals surface area contributed by atoms with E-state index >= 15 is 0 Å². The first-order valence-corrected chi connectivity index (χ1v) is 10.5. The summed E-state index contributed by atoms with van der Waals surface area (Å²) in [7, 11) is 0. The molecule has 1 fully saturated rings. The molecule has 3 aromatic rings. The number of likely N-dealkylation sites (tertiary alicyclic amines) is 1. The summed E-state index contributed by atoms with van der Waals surface area (Å²) in [5, 5.41) is 11.1. The summed E-state index contributed by atoms with van der Waals surface area (Å²) in [6, 6.07) is 23.0. The lowest BCUT2D eigenvalue weighted by atomic mass is 9.84. The van der Waals surface area contributed by atoms with Gasteiger partial charge in [0, 0.05) is 31.4 Å².